The number of amides is 2. The van der Waals surface area contributed by atoms with Gasteiger partial charge >= 0.3 is 0 Å². The number of ether oxygens (including phenoxy) is 2. The summed E-state index contributed by atoms with van der Waals surface area (Å²) in [5.74, 6) is 0.513. The van der Waals surface area contributed by atoms with Gasteiger partial charge in [0.15, 0.2) is 0 Å². The van der Waals surface area contributed by atoms with Crippen molar-refractivity contribution in [2.24, 2.45) is 0 Å². The van der Waals surface area contributed by atoms with Gasteiger partial charge in [0.1, 0.15) is 17.9 Å². The summed E-state index contributed by atoms with van der Waals surface area (Å²) < 4.78 is 10.4. The highest BCUT2D eigenvalue weighted by molar-refractivity contribution is 6.10. The third-order valence-corrected chi connectivity index (χ3v) is 4.18. The number of nitrogens with one attached hydrogen (secondary N) is 1. The van der Waals surface area contributed by atoms with Crippen LogP contribution in [0.25, 0.3) is 0 Å². The maximum Gasteiger partial charge on any atom is 0.236 e. The van der Waals surface area contributed by atoms with Gasteiger partial charge in [0.25, 0.3) is 0 Å². The van der Waals surface area contributed by atoms with Crippen LogP contribution >= 0.6 is 0 Å². The van der Waals surface area contributed by atoms with Crippen LogP contribution < -0.4 is 19.7 Å². The van der Waals surface area contributed by atoms with E-state index < -0.39 is 0 Å². The van der Waals surface area contributed by atoms with Crippen molar-refractivity contribution in [3.05, 3.63) is 48.0 Å². The van der Waals surface area contributed by atoms with Gasteiger partial charge in [0.2, 0.25) is 11.8 Å². The average molecular weight is 340 g/mol. The SMILES string of the molecule is COc1ccc(NC(=O)CC(=O)N2CCc3ccccc32)c(OC)c1. The molecule has 130 valence electrons. The van der Waals surface area contributed by atoms with Crippen LogP contribution in [0.1, 0.15) is 12.0 Å². The fourth-order valence-electron chi connectivity index (χ4n) is 2.93. The van der Waals surface area contributed by atoms with Crippen molar-refractivity contribution in [3.63, 3.8) is 0 Å². The number of para-hydroxylation sites is 1. The third kappa shape index (κ3) is 3.57. The van der Waals surface area contributed by atoms with Gasteiger partial charge in [0, 0.05) is 18.3 Å². The predicted molar refractivity (Wildman–Crippen MR) is 95.3 cm³/mol. The molecule has 3 rings (SSSR count). The molecule has 25 heavy (non-hydrogen) atoms. The molecule has 0 aromatic heterocycles. The van der Waals surface area contributed by atoms with E-state index in [1.54, 1.807) is 30.2 Å². The Kier molecular flexibility index (Phi) is 4.88. The quantitative estimate of drug-likeness (QED) is 0.850. The first-order chi connectivity index (χ1) is 12.1. The monoisotopic (exact) mass is 340 g/mol. The Morgan fingerprint density at radius 2 is 1.92 bits per heavy atom. The molecule has 0 saturated heterocycles. The number of benzene rings is 2. The Bertz CT molecular complexity index is 804. The Morgan fingerprint density at radius 3 is 2.68 bits per heavy atom. The van der Waals surface area contributed by atoms with E-state index in [-0.39, 0.29) is 18.2 Å². The van der Waals surface area contributed by atoms with Crippen molar-refractivity contribution >= 4 is 23.2 Å². The van der Waals surface area contributed by atoms with E-state index >= 15 is 0 Å². The number of nitrogens with zero attached hydrogens (tertiary/aromatic N) is 1. The molecule has 0 radical (unpaired) electrons. The highest BCUT2D eigenvalue weighted by atomic mass is 16.5. The van der Waals surface area contributed by atoms with Crippen LogP contribution in [-0.2, 0) is 16.0 Å². The fourth-order valence-corrected chi connectivity index (χ4v) is 2.93. The maximum absolute atomic E-state index is 12.5. The summed E-state index contributed by atoms with van der Waals surface area (Å²) in [5.41, 5.74) is 2.53. The number of methoxy groups -OCH3 is 2. The summed E-state index contributed by atoms with van der Waals surface area (Å²) in [6, 6.07) is 12.8. The molecule has 2 aromatic rings. The third-order valence-electron chi connectivity index (χ3n) is 4.18. The van der Waals surface area contributed by atoms with E-state index in [4.69, 9.17) is 9.47 Å². The summed E-state index contributed by atoms with van der Waals surface area (Å²) >= 11 is 0. The van der Waals surface area contributed by atoms with Crippen molar-refractivity contribution in [2.45, 2.75) is 12.8 Å². The average Bonchev–Trinajstić information content (AvgIpc) is 3.06. The van der Waals surface area contributed by atoms with Crippen molar-refractivity contribution in [3.8, 4) is 11.5 Å². The van der Waals surface area contributed by atoms with Gasteiger partial charge in [-0.2, -0.15) is 0 Å². The molecule has 6 heteroatoms. The minimum absolute atomic E-state index is 0.213. The highest BCUT2D eigenvalue weighted by Gasteiger charge is 2.25. The largest absolute Gasteiger partial charge is 0.497 e. The molecule has 0 spiro atoms. The first kappa shape index (κ1) is 16.8. The van der Waals surface area contributed by atoms with Gasteiger partial charge in [-0.1, -0.05) is 18.2 Å². The Balaban J connectivity index is 1.66. The van der Waals surface area contributed by atoms with Crippen LogP contribution in [0.15, 0.2) is 42.5 Å². The molecule has 0 bridgehead atoms. The number of carbonyl (C=O) groups is 2. The molecule has 0 saturated carbocycles. The molecule has 6 nitrogen and oxygen atoms in total. The van der Waals surface area contributed by atoms with Gasteiger partial charge in [0.05, 0.1) is 19.9 Å². The minimum atomic E-state index is -0.377. The van der Waals surface area contributed by atoms with Gasteiger partial charge in [-0.05, 0) is 30.2 Å². The fraction of sp³-hybridized carbons (Fsp3) is 0.263. The Morgan fingerprint density at radius 1 is 1.12 bits per heavy atom. The molecule has 1 aliphatic rings. The van der Waals surface area contributed by atoms with E-state index in [0.29, 0.717) is 23.7 Å². The van der Waals surface area contributed by atoms with Crippen molar-refractivity contribution < 1.29 is 19.1 Å². The van der Waals surface area contributed by atoms with Crippen LogP contribution in [0, 0.1) is 0 Å². The molecular weight excluding hydrogens is 320 g/mol. The zero-order valence-corrected chi connectivity index (χ0v) is 14.2. The molecule has 1 heterocycles. The second-order valence-electron chi connectivity index (χ2n) is 5.72. The number of rotatable bonds is 5. The summed E-state index contributed by atoms with van der Waals surface area (Å²) in [4.78, 5) is 26.4. The number of anilines is 2. The molecule has 1 aliphatic heterocycles. The Labute approximate surface area is 146 Å². The van der Waals surface area contributed by atoms with Gasteiger partial charge in [-0.25, -0.2) is 0 Å². The Hall–Kier alpha value is -3.02. The van der Waals surface area contributed by atoms with Crippen LogP contribution in [0.5, 0.6) is 11.5 Å². The molecule has 0 atom stereocenters. The maximum atomic E-state index is 12.5. The normalized spacial score (nSPS) is 12.5. The van der Waals surface area contributed by atoms with Gasteiger partial charge < -0.3 is 19.7 Å². The second kappa shape index (κ2) is 7.25. The molecule has 0 aliphatic carbocycles. The standard InChI is InChI=1S/C19H20N2O4/c1-24-14-7-8-15(17(11-14)25-2)20-18(22)12-19(23)21-10-9-13-5-3-4-6-16(13)21/h3-8,11H,9-10,12H2,1-2H3,(H,20,22). The number of carbonyl (C=O) groups excluding carboxylic acids is 2. The number of hydrogen-bond donors (Lipinski definition) is 1. The minimum Gasteiger partial charge on any atom is -0.497 e. The summed E-state index contributed by atoms with van der Waals surface area (Å²) in [6.07, 6.45) is 0.597. The molecule has 0 fully saturated rings. The van der Waals surface area contributed by atoms with Gasteiger partial charge in [-0.15, -0.1) is 0 Å². The van der Waals surface area contributed by atoms with Crippen LogP contribution in [0.3, 0.4) is 0 Å². The van der Waals surface area contributed by atoms with Crippen molar-refractivity contribution in [2.75, 3.05) is 31.0 Å². The number of fused-ring (bicyclic) bond motifs is 1. The first-order valence-corrected chi connectivity index (χ1v) is 8.02. The smallest absolute Gasteiger partial charge is 0.236 e. The number of hydrogen-bond acceptors (Lipinski definition) is 4. The van der Waals surface area contributed by atoms with Gasteiger partial charge in [-0.3, -0.25) is 9.59 Å². The zero-order chi connectivity index (χ0) is 17.8. The molecule has 2 aromatic carbocycles. The van der Waals surface area contributed by atoms with Crippen molar-refractivity contribution in [1.29, 1.82) is 0 Å². The molecule has 1 N–H and O–H groups in total. The summed E-state index contributed by atoms with van der Waals surface area (Å²) in [7, 11) is 3.07. The lowest BCUT2D eigenvalue weighted by molar-refractivity contribution is -0.125. The van der Waals surface area contributed by atoms with E-state index in [1.165, 1.54) is 7.11 Å². The van der Waals surface area contributed by atoms with Crippen LogP contribution in [-0.4, -0.2) is 32.6 Å². The zero-order valence-electron chi connectivity index (χ0n) is 14.2. The van der Waals surface area contributed by atoms with E-state index in [2.05, 4.69) is 5.32 Å². The first-order valence-electron chi connectivity index (χ1n) is 8.02. The van der Waals surface area contributed by atoms with Crippen molar-refractivity contribution in [1.82, 2.24) is 0 Å². The second-order valence-corrected chi connectivity index (χ2v) is 5.72. The molecule has 2 amide bonds. The highest BCUT2D eigenvalue weighted by Crippen LogP contribution is 2.30. The predicted octanol–water partition coefficient (Wildman–Crippen LogP) is 2.62. The van der Waals surface area contributed by atoms with Crippen LogP contribution in [0.2, 0.25) is 0 Å². The lowest BCUT2D eigenvalue weighted by Gasteiger charge is -2.17. The molecular formula is C19H20N2O4. The lowest BCUT2D eigenvalue weighted by Crippen LogP contribution is -2.32. The van der Waals surface area contributed by atoms with E-state index in [0.717, 1.165) is 17.7 Å². The van der Waals surface area contributed by atoms with E-state index in [9.17, 15) is 9.59 Å². The summed E-state index contributed by atoms with van der Waals surface area (Å²) in [6.45, 7) is 0.608. The van der Waals surface area contributed by atoms with E-state index in [1.807, 2.05) is 24.3 Å². The summed E-state index contributed by atoms with van der Waals surface area (Å²) in [5, 5.41) is 2.72. The molecule has 0 unspecified atom stereocenters. The topological polar surface area (TPSA) is 67.9 Å². The van der Waals surface area contributed by atoms with Crippen LogP contribution in [0.4, 0.5) is 11.4 Å². The lowest BCUT2D eigenvalue weighted by atomic mass is 10.2.